The molecule has 2 unspecified atom stereocenters. The van der Waals surface area contributed by atoms with Crippen LogP contribution in [-0.4, -0.2) is 6.88 Å². The van der Waals surface area contributed by atoms with E-state index in [0.29, 0.717) is 7.25 Å². The molecule has 2 aliphatic carbocycles. The molecule has 0 heterocycles. The van der Waals surface area contributed by atoms with Crippen LogP contribution in [0.1, 0.15) is 54.5 Å². The Bertz CT molecular complexity index is 1620. The Labute approximate surface area is 231 Å². The third-order valence-corrected chi connectivity index (χ3v) is 27.0. The van der Waals surface area contributed by atoms with Gasteiger partial charge in [0.25, 0.3) is 0 Å². The van der Waals surface area contributed by atoms with Gasteiger partial charge in [0.1, 0.15) is 0 Å². The van der Waals surface area contributed by atoms with Crippen LogP contribution in [0.3, 0.4) is 0 Å². The van der Waals surface area contributed by atoms with Gasteiger partial charge in [-0.3, -0.25) is 0 Å². The van der Waals surface area contributed by atoms with E-state index in [4.69, 9.17) is 0 Å². The van der Waals surface area contributed by atoms with Crippen molar-refractivity contribution in [2.24, 2.45) is 0 Å². The van der Waals surface area contributed by atoms with Gasteiger partial charge in [-0.2, -0.15) is 0 Å². The molecular formula is C36H38SiZr. The van der Waals surface area contributed by atoms with Gasteiger partial charge in [-0.1, -0.05) is 0 Å². The topological polar surface area (TPSA) is 0 Å². The van der Waals surface area contributed by atoms with Crippen LogP contribution in [0.5, 0.6) is 0 Å². The van der Waals surface area contributed by atoms with Crippen LogP contribution < -0.4 is 0 Å². The summed E-state index contributed by atoms with van der Waals surface area (Å²) in [5, 5.41) is 0. The average Bonchev–Trinajstić information content (AvgIpc) is 3.40. The van der Waals surface area contributed by atoms with Crippen LogP contribution in [0.15, 0.2) is 96.1 Å². The van der Waals surface area contributed by atoms with Gasteiger partial charge in [0.05, 0.1) is 0 Å². The number of rotatable bonds is 4. The summed E-state index contributed by atoms with van der Waals surface area (Å²) >= 11 is -3.51. The van der Waals surface area contributed by atoms with E-state index in [9.17, 15) is 0 Å². The van der Waals surface area contributed by atoms with Crippen molar-refractivity contribution in [2.45, 2.75) is 44.2 Å². The molecule has 0 aromatic heterocycles. The molecule has 0 bridgehead atoms. The Morgan fingerprint density at radius 1 is 0.553 bits per heavy atom. The zero-order valence-corrected chi connectivity index (χ0v) is 27.5. The Morgan fingerprint density at radius 2 is 0.947 bits per heavy atom. The third-order valence-electron chi connectivity index (χ3n) is 9.11. The molecule has 0 saturated heterocycles. The van der Waals surface area contributed by atoms with Crippen molar-refractivity contribution in [3.05, 3.63) is 129 Å². The van der Waals surface area contributed by atoms with Crippen LogP contribution in [0.4, 0.5) is 0 Å². The SMILES string of the molecule is CC1=Cc2c(-c3cccc(C)c3)cccc2[CH]1[Zr]([CH3])([CH3])(=[SiH2])[CH]1C(C)=Cc2c(-c3cccc(C)c3)cccc21. The van der Waals surface area contributed by atoms with Crippen molar-refractivity contribution in [1.29, 1.82) is 0 Å². The molecule has 0 amide bonds. The summed E-state index contributed by atoms with van der Waals surface area (Å²) in [6, 6.07) is 32.0. The molecule has 0 fully saturated rings. The van der Waals surface area contributed by atoms with Crippen LogP contribution in [0, 0.1) is 13.8 Å². The standard InChI is InChI=1S/2C17H15.2CH3.H2Si.Zr/c2*1-12-5-3-6-14(9-12)16-8-4-7-15-10-13(2)11-17(15)16;;;;/h2*3-11H,1-2H3;2*1H3;1H2;. The number of aryl methyl sites for hydroxylation is 2. The molecule has 2 aliphatic rings. The van der Waals surface area contributed by atoms with E-state index in [1.165, 1.54) is 44.5 Å². The van der Waals surface area contributed by atoms with Crippen LogP contribution in [0.25, 0.3) is 34.4 Å². The fraction of sp³-hybridized carbons (Fsp3) is 0.222. The van der Waals surface area contributed by atoms with E-state index in [0.717, 1.165) is 0 Å². The van der Waals surface area contributed by atoms with Gasteiger partial charge in [0, 0.05) is 0 Å². The molecule has 0 radical (unpaired) electrons. The molecule has 4 aromatic carbocycles. The summed E-state index contributed by atoms with van der Waals surface area (Å²) in [6.07, 6.45) is 5.04. The van der Waals surface area contributed by atoms with E-state index in [1.807, 2.05) is 0 Å². The van der Waals surface area contributed by atoms with Crippen molar-refractivity contribution >= 4 is 19.0 Å². The van der Waals surface area contributed by atoms with E-state index in [-0.39, 0.29) is 0 Å². The maximum atomic E-state index is 2.73. The van der Waals surface area contributed by atoms with E-state index < -0.39 is 17.4 Å². The normalized spacial score (nSPS) is 18.6. The molecule has 190 valence electrons. The van der Waals surface area contributed by atoms with Gasteiger partial charge >= 0.3 is 232 Å². The van der Waals surface area contributed by atoms with Crippen molar-refractivity contribution in [3.63, 3.8) is 0 Å². The second-order valence-electron chi connectivity index (χ2n) is 12.9. The Balaban J connectivity index is 1.50. The molecule has 2 atom stereocenters. The number of benzene rings is 4. The van der Waals surface area contributed by atoms with Crippen LogP contribution in [-0.2, 0) is 17.4 Å². The summed E-state index contributed by atoms with van der Waals surface area (Å²) in [5.41, 5.74) is 17.2. The molecule has 4 aromatic rings. The van der Waals surface area contributed by atoms with Crippen molar-refractivity contribution < 1.29 is 17.4 Å². The minimum absolute atomic E-state index is 0.538. The van der Waals surface area contributed by atoms with Gasteiger partial charge < -0.3 is 0 Å². The van der Waals surface area contributed by atoms with Gasteiger partial charge in [-0.25, -0.2) is 0 Å². The molecule has 0 aliphatic heterocycles. The first-order valence-corrected chi connectivity index (χ1v) is 27.5. The van der Waals surface area contributed by atoms with Crippen molar-refractivity contribution in [2.75, 3.05) is 0 Å². The Kier molecular flexibility index (Phi) is 6.09. The van der Waals surface area contributed by atoms with Gasteiger partial charge in [0.2, 0.25) is 0 Å². The first kappa shape index (κ1) is 25.7. The molecule has 0 N–H and O–H groups in total. The fourth-order valence-electron chi connectivity index (χ4n) is 7.92. The van der Waals surface area contributed by atoms with Crippen molar-refractivity contribution in [3.8, 4) is 22.3 Å². The maximum absolute atomic E-state index is 3.51. The molecule has 0 saturated carbocycles. The molecule has 2 heteroatoms. The summed E-state index contributed by atoms with van der Waals surface area (Å²) in [5.74, 6) is 0. The predicted octanol–water partition coefficient (Wildman–Crippen LogP) is 9.59. The molecular weight excluding hydrogens is 552 g/mol. The number of allylic oxidation sites excluding steroid dienone is 2. The molecule has 6 rings (SSSR count). The molecule has 0 spiro atoms. The summed E-state index contributed by atoms with van der Waals surface area (Å²) in [4.78, 5) is 0. The third kappa shape index (κ3) is 4.04. The Morgan fingerprint density at radius 3 is 1.34 bits per heavy atom. The second kappa shape index (κ2) is 9.00. The van der Waals surface area contributed by atoms with Gasteiger partial charge in [-0.05, 0) is 0 Å². The molecule has 38 heavy (non-hydrogen) atoms. The van der Waals surface area contributed by atoms with Crippen LogP contribution >= 0.6 is 0 Å². The van der Waals surface area contributed by atoms with Gasteiger partial charge in [-0.15, -0.1) is 0 Å². The summed E-state index contributed by atoms with van der Waals surface area (Å²) < 4.78 is 6.53. The molecule has 0 nitrogen and oxygen atoms in total. The number of hydrogen-bond donors (Lipinski definition) is 0. The van der Waals surface area contributed by atoms with Crippen molar-refractivity contribution in [1.82, 2.24) is 0 Å². The van der Waals surface area contributed by atoms with Gasteiger partial charge in [0.15, 0.2) is 0 Å². The summed E-state index contributed by atoms with van der Waals surface area (Å²) in [7, 11) is 0. The first-order valence-electron chi connectivity index (χ1n) is 13.9. The monoisotopic (exact) mass is 588 g/mol. The van der Waals surface area contributed by atoms with E-state index >= 15 is 0 Å². The number of hydrogen-bond acceptors (Lipinski definition) is 0. The average molecular weight is 590 g/mol. The zero-order valence-electron chi connectivity index (χ0n) is 23.6. The predicted molar refractivity (Wildman–Crippen MR) is 166 cm³/mol. The Hall–Kier alpha value is -2.54. The quantitative estimate of drug-likeness (QED) is 0.208. The fourth-order valence-corrected chi connectivity index (χ4v) is 29.2. The summed E-state index contributed by atoms with van der Waals surface area (Å²) in [6.45, 7) is 11.6. The second-order valence-corrected chi connectivity index (χ2v) is 43.4. The zero-order chi connectivity index (χ0) is 26.8. The first-order chi connectivity index (χ1) is 18.0. The number of fused-ring (bicyclic) bond motifs is 2. The van der Waals surface area contributed by atoms with E-state index in [1.54, 1.807) is 22.3 Å². The van der Waals surface area contributed by atoms with E-state index in [2.05, 4.69) is 141 Å². The van der Waals surface area contributed by atoms with Crippen LogP contribution in [0.2, 0.25) is 9.26 Å². The minimum atomic E-state index is -3.51.